The number of hydrogen-bond acceptors (Lipinski definition) is 1. The first kappa shape index (κ1) is 11.4. The van der Waals surface area contributed by atoms with Crippen LogP contribution in [0.3, 0.4) is 0 Å². The summed E-state index contributed by atoms with van der Waals surface area (Å²) in [5.74, 6) is 0. The van der Waals surface area contributed by atoms with Gasteiger partial charge in [0.2, 0.25) is 0 Å². The molecule has 0 amide bonds. The Labute approximate surface area is 105 Å². The van der Waals surface area contributed by atoms with Gasteiger partial charge in [0.25, 0.3) is 0 Å². The highest BCUT2D eigenvalue weighted by molar-refractivity contribution is 6.35. The highest BCUT2D eigenvalue weighted by Gasteiger charge is 2.21. The molecule has 0 fully saturated rings. The van der Waals surface area contributed by atoms with Crippen LogP contribution < -0.4 is 0 Å². The molecule has 0 aliphatic carbocycles. The molecule has 1 aliphatic rings. The maximum absolute atomic E-state index is 5.96. The van der Waals surface area contributed by atoms with Crippen molar-refractivity contribution in [1.82, 2.24) is 0 Å². The Bertz CT molecular complexity index is 482. The van der Waals surface area contributed by atoms with Gasteiger partial charge >= 0.3 is 0 Å². The molecule has 3 heteroatoms. The minimum atomic E-state index is -0.315. The van der Waals surface area contributed by atoms with E-state index in [1.165, 1.54) is 0 Å². The third-order valence-electron chi connectivity index (χ3n) is 2.54. The van der Waals surface area contributed by atoms with Crippen LogP contribution in [0.5, 0.6) is 0 Å². The predicted molar refractivity (Wildman–Crippen MR) is 71.5 cm³/mol. The van der Waals surface area contributed by atoms with Gasteiger partial charge in [-0.15, -0.1) is 6.58 Å². The van der Waals surface area contributed by atoms with Gasteiger partial charge in [-0.05, 0) is 42.3 Å². The summed E-state index contributed by atoms with van der Waals surface area (Å²) in [7, 11) is 0. The molecule has 0 spiro atoms. The first-order chi connectivity index (χ1) is 7.52. The van der Waals surface area contributed by atoms with Crippen LogP contribution in [0.2, 0.25) is 10.0 Å². The van der Waals surface area contributed by atoms with Gasteiger partial charge < -0.3 is 0 Å². The summed E-state index contributed by atoms with van der Waals surface area (Å²) in [6, 6.07) is 5.46. The van der Waals surface area contributed by atoms with Crippen molar-refractivity contribution in [2.24, 2.45) is 4.99 Å². The Morgan fingerprint density at radius 3 is 2.38 bits per heavy atom. The normalized spacial score (nSPS) is 23.3. The maximum atomic E-state index is 5.96. The van der Waals surface area contributed by atoms with Crippen LogP contribution in [0.15, 0.2) is 41.9 Å². The molecule has 1 heterocycles. The topological polar surface area (TPSA) is 12.4 Å². The molecular weight excluding hydrogens is 241 g/mol. The second kappa shape index (κ2) is 4.08. The van der Waals surface area contributed by atoms with E-state index in [2.05, 4.69) is 11.6 Å². The Balaban J connectivity index is 2.44. The molecule has 1 aromatic carbocycles. The fourth-order valence-electron chi connectivity index (χ4n) is 1.59. The first-order valence-corrected chi connectivity index (χ1v) is 5.66. The lowest BCUT2D eigenvalue weighted by Gasteiger charge is -2.10. The number of benzene rings is 1. The van der Waals surface area contributed by atoms with Gasteiger partial charge in [0, 0.05) is 16.3 Å². The fraction of sp³-hybridized carbons (Fsp3) is 0.154. The minimum Gasteiger partial charge on any atom is -0.278 e. The van der Waals surface area contributed by atoms with E-state index in [-0.39, 0.29) is 5.54 Å². The average molecular weight is 252 g/mol. The Hall–Kier alpha value is -1.05. The molecule has 16 heavy (non-hydrogen) atoms. The molecule has 0 saturated heterocycles. The Morgan fingerprint density at radius 1 is 1.25 bits per heavy atom. The minimum absolute atomic E-state index is 0.315. The van der Waals surface area contributed by atoms with Gasteiger partial charge in [0.1, 0.15) is 0 Å². The SMILES string of the molecule is C=CC1(C)C=C(c2cc(Cl)cc(Cl)c2)C=N1. The van der Waals surface area contributed by atoms with Crippen molar-refractivity contribution in [3.63, 3.8) is 0 Å². The number of hydrogen-bond donors (Lipinski definition) is 0. The molecule has 2 rings (SSSR count). The number of nitrogens with zero attached hydrogens (tertiary/aromatic N) is 1. The van der Waals surface area contributed by atoms with Gasteiger partial charge in [-0.2, -0.15) is 0 Å². The van der Waals surface area contributed by atoms with E-state index >= 15 is 0 Å². The summed E-state index contributed by atoms with van der Waals surface area (Å²) < 4.78 is 0. The summed E-state index contributed by atoms with van der Waals surface area (Å²) in [4.78, 5) is 4.38. The fourth-order valence-corrected chi connectivity index (χ4v) is 2.11. The maximum Gasteiger partial charge on any atom is 0.0947 e. The van der Waals surface area contributed by atoms with E-state index in [9.17, 15) is 0 Å². The second-order valence-electron chi connectivity index (χ2n) is 3.95. The molecule has 1 atom stereocenters. The predicted octanol–water partition coefficient (Wildman–Crippen LogP) is 4.41. The third-order valence-corrected chi connectivity index (χ3v) is 2.98. The number of aliphatic imine (C=N–C) groups is 1. The monoisotopic (exact) mass is 251 g/mol. The summed E-state index contributed by atoms with van der Waals surface area (Å²) in [5.41, 5.74) is 1.68. The van der Waals surface area contributed by atoms with Crippen molar-refractivity contribution >= 4 is 35.0 Å². The Morgan fingerprint density at radius 2 is 1.88 bits per heavy atom. The standard InChI is InChI=1S/C13H11Cl2N/c1-3-13(2)7-10(8-16-13)9-4-11(14)6-12(15)5-9/h3-8H,1H2,2H3. The number of allylic oxidation sites excluding steroid dienone is 1. The highest BCUT2D eigenvalue weighted by Crippen LogP contribution is 2.30. The van der Waals surface area contributed by atoms with E-state index < -0.39 is 0 Å². The van der Waals surface area contributed by atoms with Crippen molar-refractivity contribution in [3.05, 3.63) is 52.5 Å². The van der Waals surface area contributed by atoms with Crippen LogP contribution in [0.1, 0.15) is 12.5 Å². The first-order valence-electron chi connectivity index (χ1n) is 4.90. The summed E-state index contributed by atoms with van der Waals surface area (Å²) in [6.07, 6.45) is 5.67. The van der Waals surface area contributed by atoms with Crippen LogP contribution in [0.4, 0.5) is 0 Å². The van der Waals surface area contributed by atoms with Crippen LogP contribution in [0, 0.1) is 0 Å². The van der Waals surface area contributed by atoms with E-state index in [0.29, 0.717) is 10.0 Å². The summed E-state index contributed by atoms with van der Waals surface area (Å²) in [5, 5.41) is 1.26. The van der Waals surface area contributed by atoms with Gasteiger partial charge in [0.15, 0.2) is 0 Å². The highest BCUT2D eigenvalue weighted by atomic mass is 35.5. The van der Waals surface area contributed by atoms with Crippen molar-refractivity contribution in [3.8, 4) is 0 Å². The zero-order valence-corrected chi connectivity index (χ0v) is 10.4. The van der Waals surface area contributed by atoms with E-state index in [1.807, 2.05) is 37.4 Å². The van der Waals surface area contributed by atoms with Crippen molar-refractivity contribution in [2.75, 3.05) is 0 Å². The van der Waals surface area contributed by atoms with Crippen molar-refractivity contribution < 1.29 is 0 Å². The van der Waals surface area contributed by atoms with Crippen LogP contribution in [-0.4, -0.2) is 11.8 Å². The largest absolute Gasteiger partial charge is 0.278 e. The van der Waals surface area contributed by atoms with Gasteiger partial charge in [-0.3, -0.25) is 4.99 Å². The summed E-state index contributed by atoms with van der Waals surface area (Å²) in [6.45, 7) is 5.76. The lowest BCUT2D eigenvalue weighted by molar-refractivity contribution is 0.757. The van der Waals surface area contributed by atoms with Crippen LogP contribution in [0.25, 0.3) is 5.57 Å². The van der Waals surface area contributed by atoms with Crippen molar-refractivity contribution in [1.29, 1.82) is 0 Å². The molecule has 0 bridgehead atoms. The molecule has 0 N–H and O–H groups in total. The van der Waals surface area contributed by atoms with Crippen LogP contribution in [-0.2, 0) is 0 Å². The van der Waals surface area contributed by atoms with E-state index in [1.54, 1.807) is 6.07 Å². The molecule has 0 saturated carbocycles. The molecule has 1 nitrogen and oxygen atoms in total. The average Bonchev–Trinajstić information content (AvgIpc) is 2.61. The molecule has 0 aromatic heterocycles. The third kappa shape index (κ3) is 2.21. The van der Waals surface area contributed by atoms with Gasteiger partial charge in [0.05, 0.1) is 5.54 Å². The number of halogens is 2. The van der Waals surface area contributed by atoms with Crippen LogP contribution >= 0.6 is 23.2 Å². The summed E-state index contributed by atoms with van der Waals surface area (Å²) >= 11 is 11.9. The molecular formula is C13H11Cl2N. The molecule has 1 aromatic rings. The number of rotatable bonds is 2. The molecule has 1 unspecified atom stereocenters. The van der Waals surface area contributed by atoms with E-state index in [4.69, 9.17) is 23.2 Å². The molecule has 82 valence electrons. The van der Waals surface area contributed by atoms with Crippen molar-refractivity contribution in [2.45, 2.75) is 12.5 Å². The zero-order chi connectivity index (χ0) is 11.8. The molecule has 1 aliphatic heterocycles. The second-order valence-corrected chi connectivity index (χ2v) is 4.82. The quantitative estimate of drug-likeness (QED) is 0.691. The molecule has 0 radical (unpaired) electrons. The van der Waals surface area contributed by atoms with Gasteiger partial charge in [-0.25, -0.2) is 0 Å². The smallest absolute Gasteiger partial charge is 0.0947 e. The Kier molecular flexibility index (Phi) is 2.92. The lowest BCUT2D eigenvalue weighted by atomic mass is 10.00. The zero-order valence-electron chi connectivity index (χ0n) is 8.87. The van der Waals surface area contributed by atoms with E-state index in [0.717, 1.165) is 11.1 Å². The van der Waals surface area contributed by atoms with Gasteiger partial charge in [-0.1, -0.05) is 29.3 Å². The lowest BCUT2D eigenvalue weighted by Crippen LogP contribution is -2.10.